The molecule has 0 aromatic heterocycles. The van der Waals surface area contributed by atoms with Crippen LogP contribution in [0, 0.1) is 13.8 Å². The van der Waals surface area contributed by atoms with Crippen LogP contribution in [0.25, 0.3) is 0 Å². The van der Waals surface area contributed by atoms with Gasteiger partial charge in [0.15, 0.2) is 0 Å². The van der Waals surface area contributed by atoms with Crippen molar-refractivity contribution in [2.45, 2.75) is 39.7 Å². The van der Waals surface area contributed by atoms with Gasteiger partial charge in [-0.05, 0) is 68.1 Å². The average Bonchev–Trinajstić information content (AvgIpc) is 2.61. The van der Waals surface area contributed by atoms with Crippen LogP contribution in [0.2, 0.25) is 0 Å². The molecule has 4 heteroatoms. The smallest absolute Gasteiger partial charge is 0.220 e. The first kappa shape index (κ1) is 18.8. The van der Waals surface area contributed by atoms with Gasteiger partial charge in [0.05, 0.1) is 19.8 Å². The Morgan fingerprint density at radius 3 is 2.36 bits per heavy atom. The number of ether oxygens (including phenoxy) is 2. The van der Waals surface area contributed by atoms with Crippen LogP contribution in [0.5, 0.6) is 11.5 Å². The van der Waals surface area contributed by atoms with Crippen LogP contribution >= 0.6 is 0 Å². The SMILES string of the molecule is COc1ccc(OCCCC(=O)N[C@H](C)c2ccc(C)c(C)c2)cc1. The Hall–Kier alpha value is -2.49. The number of nitrogens with one attached hydrogen (secondary N) is 1. The van der Waals surface area contributed by atoms with Crippen molar-refractivity contribution in [3.8, 4) is 11.5 Å². The van der Waals surface area contributed by atoms with E-state index in [2.05, 4.69) is 37.4 Å². The van der Waals surface area contributed by atoms with E-state index in [9.17, 15) is 4.79 Å². The lowest BCUT2D eigenvalue weighted by atomic mass is 10.0. The fourth-order valence-electron chi connectivity index (χ4n) is 2.53. The standard InChI is InChI=1S/C21H27NO3/c1-15-7-8-18(14-16(15)2)17(3)22-21(23)6-5-13-25-20-11-9-19(24-4)10-12-20/h7-12,14,17H,5-6,13H2,1-4H3,(H,22,23)/t17-/m1/s1. The number of amides is 1. The Morgan fingerprint density at radius 2 is 1.72 bits per heavy atom. The van der Waals surface area contributed by atoms with Crippen LogP contribution in [0.1, 0.15) is 42.5 Å². The lowest BCUT2D eigenvalue weighted by Crippen LogP contribution is -2.26. The number of aryl methyl sites for hydroxylation is 2. The molecule has 2 aromatic carbocycles. The Labute approximate surface area is 150 Å². The molecule has 1 amide bonds. The molecule has 2 rings (SSSR count). The van der Waals surface area contributed by atoms with Gasteiger partial charge >= 0.3 is 0 Å². The van der Waals surface area contributed by atoms with Crippen molar-refractivity contribution in [2.75, 3.05) is 13.7 Å². The van der Waals surface area contributed by atoms with Gasteiger partial charge in [-0.2, -0.15) is 0 Å². The number of rotatable bonds is 8. The average molecular weight is 341 g/mol. The third kappa shape index (κ3) is 5.82. The Morgan fingerprint density at radius 1 is 1.04 bits per heavy atom. The fourth-order valence-corrected chi connectivity index (χ4v) is 2.53. The summed E-state index contributed by atoms with van der Waals surface area (Å²) in [7, 11) is 1.63. The number of methoxy groups -OCH3 is 1. The first-order valence-electron chi connectivity index (χ1n) is 8.63. The van der Waals surface area contributed by atoms with Crippen molar-refractivity contribution in [1.82, 2.24) is 5.32 Å². The lowest BCUT2D eigenvalue weighted by Gasteiger charge is -2.16. The molecule has 0 fully saturated rings. The topological polar surface area (TPSA) is 47.6 Å². The quantitative estimate of drug-likeness (QED) is 0.726. The van der Waals surface area contributed by atoms with Gasteiger partial charge in [-0.15, -0.1) is 0 Å². The lowest BCUT2D eigenvalue weighted by molar-refractivity contribution is -0.121. The molecule has 4 nitrogen and oxygen atoms in total. The summed E-state index contributed by atoms with van der Waals surface area (Å²) >= 11 is 0. The maximum Gasteiger partial charge on any atom is 0.220 e. The predicted molar refractivity (Wildman–Crippen MR) is 100 cm³/mol. The van der Waals surface area contributed by atoms with Crippen molar-refractivity contribution < 1.29 is 14.3 Å². The number of carbonyl (C=O) groups is 1. The van der Waals surface area contributed by atoms with Crippen LogP contribution in [-0.2, 0) is 4.79 Å². The minimum atomic E-state index is 0.00862. The highest BCUT2D eigenvalue weighted by Crippen LogP contribution is 2.18. The van der Waals surface area contributed by atoms with Crippen LogP contribution < -0.4 is 14.8 Å². The minimum absolute atomic E-state index is 0.00862. The molecule has 0 heterocycles. The highest BCUT2D eigenvalue weighted by atomic mass is 16.5. The van der Waals surface area contributed by atoms with E-state index < -0.39 is 0 Å². The minimum Gasteiger partial charge on any atom is -0.497 e. The highest BCUT2D eigenvalue weighted by Gasteiger charge is 2.10. The van der Waals surface area contributed by atoms with Crippen LogP contribution in [0.15, 0.2) is 42.5 Å². The van der Waals surface area contributed by atoms with Crippen molar-refractivity contribution >= 4 is 5.91 Å². The molecule has 25 heavy (non-hydrogen) atoms. The van der Waals surface area contributed by atoms with Crippen LogP contribution in [0.4, 0.5) is 0 Å². The van der Waals surface area contributed by atoms with Gasteiger partial charge in [0.25, 0.3) is 0 Å². The predicted octanol–water partition coefficient (Wildman–Crippen LogP) is 4.35. The van der Waals surface area contributed by atoms with Crippen molar-refractivity contribution in [3.63, 3.8) is 0 Å². The van der Waals surface area contributed by atoms with Gasteiger partial charge in [-0.1, -0.05) is 18.2 Å². The zero-order valence-electron chi connectivity index (χ0n) is 15.5. The molecule has 0 saturated heterocycles. The summed E-state index contributed by atoms with van der Waals surface area (Å²) in [5.74, 6) is 1.63. The van der Waals surface area contributed by atoms with Crippen molar-refractivity contribution in [1.29, 1.82) is 0 Å². The van der Waals surface area contributed by atoms with Crippen LogP contribution in [0.3, 0.4) is 0 Å². The monoisotopic (exact) mass is 341 g/mol. The molecular weight excluding hydrogens is 314 g/mol. The Kier molecular flexibility index (Phi) is 6.87. The third-order valence-corrected chi connectivity index (χ3v) is 4.28. The van der Waals surface area contributed by atoms with Gasteiger partial charge < -0.3 is 14.8 Å². The second-order valence-corrected chi connectivity index (χ2v) is 6.26. The summed E-state index contributed by atoms with van der Waals surface area (Å²) in [6.45, 7) is 6.70. The molecule has 0 saturated carbocycles. The van der Waals surface area contributed by atoms with E-state index in [1.807, 2.05) is 31.2 Å². The number of hydrogen-bond acceptors (Lipinski definition) is 3. The van der Waals surface area contributed by atoms with Crippen molar-refractivity contribution in [2.24, 2.45) is 0 Å². The maximum absolute atomic E-state index is 12.1. The first-order chi connectivity index (χ1) is 12.0. The molecule has 0 aliphatic heterocycles. The first-order valence-corrected chi connectivity index (χ1v) is 8.63. The molecule has 134 valence electrons. The third-order valence-electron chi connectivity index (χ3n) is 4.28. The van der Waals surface area contributed by atoms with Gasteiger partial charge in [-0.25, -0.2) is 0 Å². The fraction of sp³-hybridized carbons (Fsp3) is 0.381. The second kappa shape index (κ2) is 9.11. The molecule has 1 N–H and O–H groups in total. The molecule has 0 spiro atoms. The number of carbonyl (C=O) groups excluding carboxylic acids is 1. The summed E-state index contributed by atoms with van der Waals surface area (Å²) in [5, 5.41) is 3.05. The molecular formula is C21H27NO3. The summed E-state index contributed by atoms with van der Waals surface area (Å²) in [6.07, 6.45) is 1.13. The number of hydrogen-bond donors (Lipinski definition) is 1. The summed E-state index contributed by atoms with van der Waals surface area (Å²) < 4.78 is 10.7. The van der Waals surface area contributed by atoms with Gasteiger partial charge in [0, 0.05) is 6.42 Å². The Bertz CT molecular complexity index is 695. The number of benzene rings is 2. The molecule has 0 unspecified atom stereocenters. The molecule has 1 atom stereocenters. The van der Waals surface area contributed by atoms with E-state index in [0.29, 0.717) is 19.4 Å². The highest BCUT2D eigenvalue weighted by molar-refractivity contribution is 5.76. The zero-order valence-corrected chi connectivity index (χ0v) is 15.5. The van der Waals surface area contributed by atoms with Crippen LogP contribution in [-0.4, -0.2) is 19.6 Å². The van der Waals surface area contributed by atoms with E-state index in [4.69, 9.17) is 9.47 Å². The zero-order chi connectivity index (χ0) is 18.2. The van der Waals surface area contributed by atoms with Crippen molar-refractivity contribution in [3.05, 3.63) is 59.2 Å². The Balaban J connectivity index is 1.71. The van der Waals surface area contributed by atoms with Gasteiger partial charge in [0.2, 0.25) is 5.91 Å². The van der Waals surface area contributed by atoms with E-state index >= 15 is 0 Å². The second-order valence-electron chi connectivity index (χ2n) is 6.26. The molecule has 0 bridgehead atoms. The largest absolute Gasteiger partial charge is 0.497 e. The molecule has 0 aliphatic carbocycles. The van der Waals surface area contributed by atoms with Gasteiger partial charge in [-0.3, -0.25) is 4.79 Å². The summed E-state index contributed by atoms with van der Waals surface area (Å²) in [4.78, 5) is 12.1. The normalized spacial score (nSPS) is 11.7. The summed E-state index contributed by atoms with van der Waals surface area (Å²) in [5.41, 5.74) is 3.63. The molecule has 0 aliphatic rings. The van der Waals surface area contributed by atoms with E-state index in [-0.39, 0.29) is 11.9 Å². The summed E-state index contributed by atoms with van der Waals surface area (Å²) in [6, 6.07) is 13.7. The van der Waals surface area contributed by atoms with E-state index in [1.54, 1.807) is 7.11 Å². The van der Waals surface area contributed by atoms with Gasteiger partial charge in [0.1, 0.15) is 11.5 Å². The van der Waals surface area contributed by atoms with E-state index in [0.717, 1.165) is 17.1 Å². The molecule has 0 radical (unpaired) electrons. The molecule has 2 aromatic rings. The maximum atomic E-state index is 12.1. The van der Waals surface area contributed by atoms with E-state index in [1.165, 1.54) is 11.1 Å².